The van der Waals surface area contributed by atoms with E-state index in [2.05, 4.69) is 0 Å². The van der Waals surface area contributed by atoms with E-state index in [1.165, 1.54) is 0 Å². The molecule has 6 nitrogen and oxygen atoms in total. The summed E-state index contributed by atoms with van der Waals surface area (Å²) >= 11 is 0. The molecule has 0 aromatic carbocycles. The van der Waals surface area contributed by atoms with Gasteiger partial charge >= 0.3 is 67.5 Å². The Morgan fingerprint density at radius 2 is 1.70 bits per heavy atom. The Kier molecular flexibility index (Phi) is 6.47. The molecule has 0 saturated heterocycles. The zero-order valence-corrected chi connectivity index (χ0v) is 4.87. The maximum absolute atomic E-state index is 9.70. The first kappa shape index (κ1) is 13.6. The molecule has 3 N–H and O–H groups in total. The predicted octanol–water partition coefficient (Wildman–Crippen LogP) is -2.37. The first-order valence-corrected chi connectivity index (χ1v) is 3.23. The number of carbonyl (C=O) groups is 1. The Balaban J connectivity index is 0. The van der Waals surface area contributed by atoms with Gasteiger partial charge in [0.05, 0.1) is 0 Å². The average Bonchev–Trinajstić information content (AvgIpc) is 1.62. The second kappa shape index (κ2) is 4.77. The SMILES string of the molecule is O=C(O)C(O)S(=O)(=O)O.[KH]. The fourth-order valence-electron chi connectivity index (χ4n) is 0.127. The van der Waals surface area contributed by atoms with Gasteiger partial charge in [-0.1, -0.05) is 0 Å². The summed E-state index contributed by atoms with van der Waals surface area (Å²) in [5.41, 5.74) is -2.74. The van der Waals surface area contributed by atoms with Crippen LogP contribution in [-0.2, 0) is 14.9 Å². The van der Waals surface area contributed by atoms with E-state index in [9.17, 15) is 13.2 Å². The van der Waals surface area contributed by atoms with Crippen LogP contribution in [0.5, 0.6) is 0 Å². The third-order valence-electron chi connectivity index (χ3n) is 0.493. The molecule has 10 heavy (non-hydrogen) atoms. The molecule has 0 aliphatic heterocycles. The molecule has 1 unspecified atom stereocenters. The molecule has 0 spiro atoms. The number of hydrogen-bond acceptors (Lipinski definition) is 4. The van der Waals surface area contributed by atoms with Crippen LogP contribution in [0.2, 0.25) is 0 Å². The molecule has 0 saturated carbocycles. The van der Waals surface area contributed by atoms with Crippen molar-refractivity contribution in [3.8, 4) is 0 Å². The Labute approximate surface area is 99.4 Å². The van der Waals surface area contributed by atoms with Crippen LogP contribution in [0, 0.1) is 0 Å². The number of aliphatic carboxylic acids is 1. The number of carboxylic acids is 1. The van der Waals surface area contributed by atoms with Gasteiger partial charge in [-0.05, 0) is 0 Å². The van der Waals surface area contributed by atoms with Gasteiger partial charge in [-0.2, -0.15) is 8.42 Å². The summed E-state index contributed by atoms with van der Waals surface area (Å²) in [5.74, 6) is -2.00. The Morgan fingerprint density at radius 3 is 1.70 bits per heavy atom. The van der Waals surface area contributed by atoms with Crippen LogP contribution >= 0.6 is 0 Å². The van der Waals surface area contributed by atoms with Crippen LogP contribution < -0.4 is 0 Å². The summed E-state index contributed by atoms with van der Waals surface area (Å²) in [6, 6.07) is 0. The summed E-state index contributed by atoms with van der Waals surface area (Å²) < 4.78 is 27.2. The standard InChI is InChI=1S/C2H4O6S.K.H/c3-1(4)2(5)9(6,7)8;;/h2,5H,(H,3,4)(H,6,7,8);;. The topological polar surface area (TPSA) is 112 Å². The Morgan fingerprint density at radius 1 is 1.40 bits per heavy atom. The van der Waals surface area contributed by atoms with Gasteiger partial charge in [0.2, 0.25) is 0 Å². The minimum atomic E-state index is -4.85. The minimum absolute atomic E-state index is 0. The van der Waals surface area contributed by atoms with Gasteiger partial charge in [-0.15, -0.1) is 0 Å². The molecule has 8 heteroatoms. The normalized spacial score (nSPS) is 13.4. The summed E-state index contributed by atoms with van der Waals surface area (Å²) in [4.78, 5) is 9.56. The van der Waals surface area contributed by atoms with E-state index < -0.39 is 21.5 Å². The van der Waals surface area contributed by atoms with Crippen molar-refractivity contribution in [3.05, 3.63) is 0 Å². The molecule has 0 aromatic heterocycles. The average molecular weight is 196 g/mol. The van der Waals surface area contributed by atoms with Crippen LogP contribution in [0.4, 0.5) is 0 Å². The zero-order valence-electron chi connectivity index (χ0n) is 4.05. The first-order valence-electron chi connectivity index (χ1n) is 1.73. The van der Waals surface area contributed by atoms with Crippen molar-refractivity contribution in [2.45, 2.75) is 5.44 Å². The second-order valence-corrected chi connectivity index (χ2v) is 2.68. The Hall–Kier alpha value is 0.976. The summed E-state index contributed by atoms with van der Waals surface area (Å²) in [6.07, 6.45) is 0. The summed E-state index contributed by atoms with van der Waals surface area (Å²) in [6.45, 7) is 0. The predicted molar refractivity (Wildman–Crippen MR) is 32.3 cm³/mol. The molecule has 0 radical (unpaired) electrons. The van der Waals surface area contributed by atoms with Crippen LogP contribution in [0.15, 0.2) is 0 Å². The second-order valence-electron chi connectivity index (χ2n) is 1.21. The third-order valence-corrected chi connectivity index (χ3v) is 1.26. The van der Waals surface area contributed by atoms with Crippen molar-refractivity contribution in [1.29, 1.82) is 0 Å². The number of hydrogen-bond donors (Lipinski definition) is 3. The van der Waals surface area contributed by atoms with Crippen molar-refractivity contribution in [2.24, 2.45) is 0 Å². The van der Waals surface area contributed by atoms with E-state index >= 15 is 0 Å². The molecule has 0 aromatic rings. The van der Waals surface area contributed by atoms with Crippen molar-refractivity contribution in [3.63, 3.8) is 0 Å². The van der Waals surface area contributed by atoms with Gasteiger partial charge in [-0.25, -0.2) is 4.79 Å². The molecule has 0 bridgehead atoms. The van der Waals surface area contributed by atoms with Gasteiger partial charge in [0.1, 0.15) is 0 Å². The zero-order chi connectivity index (χ0) is 7.65. The monoisotopic (exact) mass is 196 g/mol. The van der Waals surface area contributed by atoms with Crippen molar-refractivity contribution >= 4 is 67.5 Å². The molecule has 0 fully saturated rings. The van der Waals surface area contributed by atoms with Gasteiger partial charge in [0.25, 0.3) is 5.44 Å². The van der Waals surface area contributed by atoms with E-state index in [0.29, 0.717) is 0 Å². The van der Waals surface area contributed by atoms with E-state index in [1.54, 1.807) is 0 Å². The fraction of sp³-hybridized carbons (Fsp3) is 0.500. The molecule has 0 rings (SSSR count). The van der Waals surface area contributed by atoms with Gasteiger partial charge in [-0.3, -0.25) is 4.55 Å². The quantitative estimate of drug-likeness (QED) is 0.336. The van der Waals surface area contributed by atoms with Gasteiger partial charge in [0.15, 0.2) is 0 Å². The van der Waals surface area contributed by atoms with Crippen LogP contribution in [0.1, 0.15) is 0 Å². The molecule has 0 aliphatic rings. The molecular weight excluding hydrogens is 191 g/mol. The number of carboxylic acid groups (broad SMARTS) is 1. The van der Waals surface area contributed by atoms with E-state index in [4.69, 9.17) is 14.8 Å². The molecule has 0 amide bonds. The molecule has 0 aliphatic carbocycles. The maximum atomic E-state index is 9.70. The van der Waals surface area contributed by atoms with Crippen molar-refractivity contribution < 1.29 is 28.0 Å². The molecule has 1 atom stereocenters. The van der Waals surface area contributed by atoms with E-state index in [0.717, 1.165) is 0 Å². The number of rotatable bonds is 2. The van der Waals surface area contributed by atoms with Crippen LogP contribution in [0.25, 0.3) is 0 Å². The van der Waals surface area contributed by atoms with Gasteiger partial charge < -0.3 is 10.2 Å². The van der Waals surface area contributed by atoms with Crippen LogP contribution in [0.3, 0.4) is 0 Å². The van der Waals surface area contributed by atoms with E-state index in [-0.39, 0.29) is 51.4 Å². The summed E-state index contributed by atoms with van der Waals surface area (Å²) in [5, 5.41) is 15.8. The van der Waals surface area contributed by atoms with Crippen molar-refractivity contribution in [2.75, 3.05) is 0 Å². The van der Waals surface area contributed by atoms with E-state index in [1.807, 2.05) is 0 Å². The molecule has 0 heterocycles. The summed E-state index contributed by atoms with van der Waals surface area (Å²) in [7, 11) is -4.85. The first-order chi connectivity index (χ1) is 3.85. The number of aliphatic hydroxyl groups excluding tert-OH is 1. The Bertz CT molecular complexity index is 206. The van der Waals surface area contributed by atoms with Crippen LogP contribution in [-0.4, -0.2) is 86.0 Å². The fourth-order valence-corrected chi connectivity index (χ4v) is 0.382. The van der Waals surface area contributed by atoms with Crippen molar-refractivity contribution in [1.82, 2.24) is 0 Å². The molecular formula is C2H5KO6S. The van der Waals surface area contributed by atoms with Gasteiger partial charge in [0, 0.05) is 0 Å². The number of aliphatic hydroxyl groups is 1. The third kappa shape index (κ3) is 4.74. The molecule has 56 valence electrons.